The smallest absolute Gasteiger partial charge is 0.414 e. The van der Waals surface area contributed by atoms with Gasteiger partial charge in [0.2, 0.25) is 10.0 Å². The minimum absolute atomic E-state index is 0.246. The molecule has 1 aliphatic heterocycles. The van der Waals surface area contributed by atoms with E-state index < -0.39 is 32.6 Å². The quantitative estimate of drug-likeness (QED) is 0.375. The van der Waals surface area contributed by atoms with Crippen LogP contribution >= 0.6 is 0 Å². The number of aliphatic carboxylic acids is 2. The van der Waals surface area contributed by atoms with Gasteiger partial charge in [-0.05, 0) is 23.8 Å². The molecule has 0 amide bonds. The van der Waals surface area contributed by atoms with Crippen LogP contribution < -0.4 is 0 Å². The molecule has 1 saturated heterocycles. The molecule has 0 aliphatic carbocycles. The van der Waals surface area contributed by atoms with Crippen LogP contribution in [-0.4, -0.2) is 70.9 Å². The summed E-state index contributed by atoms with van der Waals surface area (Å²) in [6.45, 7) is 2.08. The predicted octanol–water partition coefficient (Wildman–Crippen LogP) is 1.40. The lowest BCUT2D eigenvalue weighted by Gasteiger charge is -2.33. The van der Waals surface area contributed by atoms with Gasteiger partial charge in [0.15, 0.2) is 4.90 Å². The van der Waals surface area contributed by atoms with Gasteiger partial charge in [-0.2, -0.15) is 4.31 Å². The first-order chi connectivity index (χ1) is 15.0. The fourth-order valence-electron chi connectivity index (χ4n) is 2.94. The molecule has 13 heteroatoms. The number of nitro groups is 1. The Hall–Kier alpha value is -3.42. The molecule has 3 rings (SSSR count). The molecule has 1 fully saturated rings. The molecule has 2 aromatic rings. The third-order valence-corrected chi connectivity index (χ3v) is 6.46. The summed E-state index contributed by atoms with van der Waals surface area (Å²) in [5, 5.41) is 25.9. The van der Waals surface area contributed by atoms with E-state index in [0.717, 1.165) is 5.56 Å². The van der Waals surface area contributed by atoms with Crippen molar-refractivity contribution >= 4 is 27.6 Å². The summed E-state index contributed by atoms with van der Waals surface area (Å²) in [6, 6.07) is 11.6. The van der Waals surface area contributed by atoms with Crippen molar-refractivity contribution in [2.24, 2.45) is 0 Å². The second-order valence-corrected chi connectivity index (χ2v) is 8.55. The molecule has 0 spiro atoms. The predicted molar refractivity (Wildman–Crippen MR) is 109 cm³/mol. The first-order valence-electron chi connectivity index (χ1n) is 9.19. The van der Waals surface area contributed by atoms with Gasteiger partial charge >= 0.3 is 11.9 Å². The number of rotatable bonds is 5. The lowest BCUT2D eigenvalue weighted by molar-refractivity contribution is -0.387. The topological polar surface area (TPSA) is 158 Å². The zero-order chi connectivity index (χ0) is 23.9. The summed E-state index contributed by atoms with van der Waals surface area (Å²) in [5.74, 6) is -3.95. The standard InChI is InChI=1S/C17H18FN3O4S.C2H2O4/c18-15-7-5-14(6-8-15)13-19-9-11-20(12-10-19)26(24,25)17-4-2-1-3-16(17)21(22)23;3-1(4)2(5)6/h1-8H,9-13H2;(H,3,4)(H,5,6). The molecule has 2 N–H and O–H groups in total. The van der Waals surface area contributed by atoms with Crippen molar-refractivity contribution in [3.8, 4) is 0 Å². The number of carboxylic acids is 2. The fourth-order valence-corrected chi connectivity index (χ4v) is 4.52. The minimum Gasteiger partial charge on any atom is -0.473 e. The van der Waals surface area contributed by atoms with Crippen molar-refractivity contribution in [2.75, 3.05) is 26.2 Å². The highest BCUT2D eigenvalue weighted by Gasteiger charge is 2.33. The zero-order valence-electron chi connectivity index (χ0n) is 16.6. The van der Waals surface area contributed by atoms with Crippen LogP contribution in [0.3, 0.4) is 0 Å². The van der Waals surface area contributed by atoms with E-state index >= 15 is 0 Å². The van der Waals surface area contributed by atoms with E-state index in [0.29, 0.717) is 19.6 Å². The van der Waals surface area contributed by atoms with Crippen LogP contribution in [0.15, 0.2) is 53.4 Å². The van der Waals surface area contributed by atoms with Gasteiger partial charge in [0.25, 0.3) is 5.69 Å². The van der Waals surface area contributed by atoms with E-state index in [-0.39, 0.29) is 23.8 Å². The first kappa shape index (κ1) is 24.8. The van der Waals surface area contributed by atoms with Crippen LogP contribution in [0.4, 0.5) is 10.1 Å². The lowest BCUT2D eigenvalue weighted by atomic mass is 10.2. The molecule has 0 aromatic heterocycles. The van der Waals surface area contributed by atoms with E-state index in [4.69, 9.17) is 19.8 Å². The van der Waals surface area contributed by atoms with E-state index in [9.17, 15) is 22.9 Å². The number of piperazine rings is 1. The Kier molecular flexibility index (Phi) is 8.34. The largest absolute Gasteiger partial charge is 0.473 e. The average molecular weight is 469 g/mol. The van der Waals surface area contributed by atoms with E-state index in [1.165, 1.54) is 40.7 Å². The Morgan fingerprint density at radius 3 is 2.00 bits per heavy atom. The highest BCUT2D eigenvalue weighted by Crippen LogP contribution is 2.27. The van der Waals surface area contributed by atoms with Crippen LogP contribution in [0, 0.1) is 15.9 Å². The van der Waals surface area contributed by atoms with Crippen LogP contribution in [0.25, 0.3) is 0 Å². The number of nitrogens with zero attached hydrogens (tertiary/aromatic N) is 3. The highest BCUT2D eigenvalue weighted by molar-refractivity contribution is 7.89. The van der Waals surface area contributed by atoms with Crippen LogP contribution in [0.2, 0.25) is 0 Å². The highest BCUT2D eigenvalue weighted by atomic mass is 32.2. The van der Waals surface area contributed by atoms with Gasteiger partial charge in [-0.15, -0.1) is 0 Å². The van der Waals surface area contributed by atoms with Gasteiger partial charge in [0.1, 0.15) is 5.82 Å². The fraction of sp³-hybridized carbons (Fsp3) is 0.263. The summed E-state index contributed by atoms with van der Waals surface area (Å²) in [7, 11) is -3.92. The maximum atomic E-state index is 13.0. The molecular formula is C19H20FN3O8S. The van der Waals surface area contributed by atoms with Gasteiger partial charge in [-0.25, -0.2) is 22.4 Å². The van der Waals surface area contributed by atoms with Gasteiger partial charge in [0.05, 0.1) is 4.92 Å². The summed E-state index contributed by atoms with van der Waals surface area (Å²) < 4.78 is 39.8. The summed E-state index contributed by atoms with van der Waals surface area (Å²) >= 11 is 0. The Morgan fingerprint density at radius 2 is 1.50 bits per heavy atom. The molecule has 0 saturated carbocycles. The number of nitro benzene ring substituents is 1. The molecule has 0 radical (unpaired) electrons. The van der Waals surface area contributed by atoms with E-state index in [1.807, 2.05) is 0 Å². The van der Waals surface area contributed by atoms with Crippen molar-refractivity contribution < 1.29 is 37.5 Å². The van der Waals surface area contributed by atoms with E-state index in [1.54, 1.807) is 12.1 Å². The molecule has 1 heterocycles. The maximum absolute atomic E-state index is 13.0. The number of hydrogen-bond acceptors (Lipinski definition) is 7. The molecule has 0 unspecified atom stereocenters. The summed E-state index contributed by atoms with van der Waals surface area (Å²) in [5.41, 5.74) is 0.530. The summed E-state index contributed by atoms with van der Waals surface area (Å²) in [6.07, 6.45) is 0. The second kappa shape index (κ2) is 10.7. The van der Waals surface area contributed by atoms with Crippen molar-refractivity contribution in [3.05, 3.63) is 70.0 Å². The summed E-state index contributed by atoms with van der Waals surface area (Å²) in [4.78, 5) is 30.4. The second-order valence-electron chi connectivity index (χ2n) is 6.64. The lowest BCUT2D eigenvalue weighted by Crippen LogP contribution is -2.48. The van der Waals surface area contributed by atoms with Gasteiger partial charge < -0.3 is 10.2 Å². The molecule has 0 bridgehead atoms. The van der Waals surface area contributed by atoms with Crippen LogP contribution in [0.5, 0.6) is 0 Å². The SMILES string of the molecule is O=C(O)C(=O)O.O=[N+]([O-])c1ccccc1S(=O)(=O)N1CCN(Cc2ccc(F)cc2)CC1. The number of benzene rings is 2. The maximum Gasteiger partial charge on any atom is 0.414 e. The molecule has 1 aliphatic rings. The Balaban J connectivity index is 0.000000534. The van der Waals surface area contributed by atoms with Crippen LogP contribution in [-0.2, 0) is 26.2 Å². The monoisotopic (exact) mass is 469 g/mol. The van der Waals surface area contributed by atoms with Gasteiger partial charge in [-0.1, -0.05) is 24.3 Å². The number of sulfonamides is 1. The third-order valence-electron chi connectivity index (χ3n) is 4.51. The number of carboxylic acid groups (broad SMARTS) is 2. The Bertz CT molecular complexity index is 1070. The van der Waals surface area contributed by atoms with Crippen molar-refractivity contribution in [3.63, 3.8) is 0 Å². The Labute approximate surface area is 182 Å². The third kappa shape index (κ3) is 6.54. The molecular weight excluding hydrogens is 449 g/mol. The first-order valence-corrected chi connectivity index (χ1v) is 10.6. The zero-order valence-corrected chi connectivity index (χ0v) is 17.4. The van der Waals surface area contributed by atoms with Gasteiger partial charge in [-0.3, -0.25) is 15.0 Å². The van der Waals surface area contributed by atoms with Gasteiger partial charge in [0, 0.05) is 38.8 Å². The average Bonchev–Trinajstić information content (AvgIpc) is 2.76. The van der Waals surface area contributed by atoms with Crippen molar-refractivity contribution in [1.29, 1.82) is 0 Å². The van der Waals surface area contributed by atoms with Crippen LogP contribution in [0.1, 0.15) is 5.56 Å². The Morgan fingerprint density at radius 1 is 0.969 bits per heavy atom. The van der Waals surface area contributed by atoms with Crippen molar-refractivity contribution in [1.82, 2.24) is 9.21 Å². The number of para-hydroxylation sites is 1. The molecule has 32 heavy (non-hydrogen) atoms. The number of hydrogen-bond donors (Lipinski definition) is 2. The number of halogens is 1. The molecule has 2 aromatic carbocycles. The molecule has 0 atom stereocenters. The minimum atomic E-state index is -3.92. The normalized spacial score (nSPS) is 14.8. The van der Waals surface area contributed by atoms with E-state index in [2.05, 4.69) is 4.90 Å². The molecule has 11 nitrogen and oxygen atoms in total. The van der Waals surface area contributed by atoms with Crippen molar-refractivity contribution in [2.45, 2.75) is 11.4 Å². The number of carbonyl (C=O) groups is 2. The molecule has 172 valence electrons.